The van der Waals surface area contributed by atoms with Gasteiger partial charge in [0.1, 0.15) is 0 Å². The number of aryl methyl sites for hydroxylation is 1. The zero-order valence-electron chi connectivity index (χ0n) is 6.66. The summed E-state index contributed by atoms with van der Waals surface area (Å²) in [7, 11) is 0. The minimum atomic E-state index is 0.853. The summed E-state index contributed by atoms with van der Waals surface area (Å²) in [6, 6.07) is 6.18. The first-order valence-electron chi connectivity index (χ1n) is 3.65. The summed E-state index contributed by atoms with van der Waals surface area (Å²) in [5, 5.41) is 2.05. The van der Waals surface area contributed by atoms with Crippen molar-refractivity contribution in [3.63, 3.8) is 0 Å². The summed E-state index contributed by atoms with van der Waals surface area (Å²) in [4.78, 5) is 1.02. The van der Waals surface area contributed by atoms with Gasteiger partial charge in [0.2, 0.25) is 0 Å². The summed E-state index contributed by atoms with van der Waals surface area (Å²) < 4.78 is 1.18. The van der Waals surface area contributed by atoms with Gasteiger partial charge in [-0.05, 0) is 30.0 Å². The van der Waals surface area contributed by atoms with Crippen LogP contribution in [0.4, 0.5) is 5.00 Å². The Bertz CT molecular complexity index is 431. The third-order valence-corrected chi connectivity index (χ3v) is 3.28. The van der Waals surface area contributed by atoms with Gasteiger partial charge >= 0.3 is 0 Å². The van der Waals surface area contributed by atoms with Gasteiger partial charge < -0.3 is 5.73 Å². The normalized spacial score (nSPS) is 10.8. The number of thiol groups is 1. The molecule has 12 heavy (non-hydrogen) atoms. The molecule has 0 aliphatic heterocycles. The highest BCUT2D eigenvalue weighted by Crippen LogP contribution is 2.33. The second kappa shape index (κ2) is 2.68. The van der Waals surface area contributed by atoms with Crippen molar-refractivity contribution in [2.75, 3.05) is 5.73 Å². The second-order valence-electron chi connectivity index (χ2n) is 2.85. The molecule has 2 N–H and O–H groups in total. The molecule has 0 bridgehead atoms. The molecule has 62 valence electrons. The first kappa shape index (κ1) is 7.95. The van der Waals surface area contributed by atoms with Gasteiger partial charge in [0, 0.05) is 9.60 Å². The molecular weight excluding hydrogens is 186 g/mol. The second-order valence-corrected chi connectivity index (χ2v) is 4.42. The number of nitrogen functional groups attached to an aromatic ring is 1. The van der Waals surface area contributed by atoms with Crippen molar-refractivity contribution in [3.05, 3.63) is 23.8 Å². The molecule has 1 heterocycles. The van der Waals surface area contributed by atoms with Gasteiger partial charge in [-0.2, -0.15) is 0 Å². The molecule has 0 aliphatic carbocycles. The zero-order valence-corrected chi connectivity index (χ0v) is 8.38. The van der Waals surface area contributed by atoms with Crippen LogP contribution in [0, 0.1) is 6.92 Å². The highest BCUT2D eigenvalue weighted by Gasteiger charge is 2.02. The highest BCUT2D eigenvalue weighted by atomic mass is 32.1. The van der Waals surface area contributed by atoms with E-state index in [9.17, 15) is 0 Å². The lowest BCUT2D eigenvalue weighted by atomic mass is 10.2. The van der Waals surface area contributed by atoms with Crippen molar-refractivity contribution in [2.24, 2.45) is 0 Å². The molecule has 0 fully saturated rings. The molecule has 0 spiro atoms. The van der Waals surface area contributed by atoms with E-state index in [1.54, 1.807) is 11.3 Å². The van der Waals surface area contributed by atoms with Gasteiger partial charge in [0.05, 0.1) is 5.00 Å². The van der Waals surface area contributed by atoms with Crippen LogP contribution in [0.5, 0.6) is 0 Å². The first-order chi connectivity index (χ1) is 5.66. The van der Waals surface area contributed by atoms with Crippen LogP contribution < -0.4 is 5.73 Å². The molecule has 0 atom stereocenters. The molecule has 0 amide bonds. The molecule has 0 unspecified atom stereocenters. The lowest BCUT2D eigenvalue weighted by molar-refractivity contribution is 1.44. The van der Waals surface area contributed by atoms with Crippen LogP contribution in [0.1, 0.15) is 5.56 Å². The molecule has 0 saturated heterocycles. The lowest BCUT2D eigenvalue weighted by Gasteiger charge is -1.96. The van der Waals surface area contributed by atoms with E-state index in [4.69, 9.17) is 5.73 Å². The summed E-state index contributed by atoms with van der Waals surface area (Å²) in [5.74, 6) is 0. The van der Waals surface area contributed by atoms with E-state index in [0.29, 0.717) is 0 Å². The first-order valence-corrected chi connectivity index (χ1v) is 4.92. The number of fused-ring (bicyclic) bond motifs is 1. The van der Waals surface area contributed by atoms with Gasteiger partial charge in [-0.1, -0.05) is 6.07 Å². The van der Waals surface area contributed by atoms with E-state index >= 15 is 0 Å². The number of hydrogen-bond acceptors (Lipinski definition) is 3. The Morgan fingerprint density at radius 2 is 2.08 bits per heavy atom. The van der Waals surface area contributed by atoms with Crippen LogP contribution in [0.3, 0.4) is 0 Å². The lowest BCUT2D eigenvalue weighted by Crippen LogP contribution is -1.73. The smallest absolute Gasteiger partial charge is 0.0869 e. The molecule has 0 aliphatic rings. The summed E-state index contributed by atoms with van der Waals surface area (Å²) >= 11 is 5.98. The molecule has 0 saturated carbocycles. The van der Waals surface area contributed by atoms with Crippen LogP contribution in [-0.4, -0.2) is 0 Å². The standard InChI is InChI=1S/C9H9NS2/c1-5-2-6-4-8(10)12-9(6)7(11)3-5/h2-4,11H,10H2,1H3. The van der Waals surface area contributed by atoms with Crippen LogP contribution >= 0.6 is 24.0 Å². The number of hydrogen-bond donors (Lipinski definition) is 2. The maximum Gasteiger partial charge on any atom is 0.0869 e. The van der Waals surface area contributed by atoms with Crippen LogP contribution in [0.25, 0.3) is 10.1 Å². The number of rotatable bonds is 0. The van der Waals surface area contributed by atoms with Crippen molar-refractivity contribution in [1.82, 2.24) is 0 Å². The summed E-state index contributed by atoms with van der Waals surface area (Å²) in [6.45, 7) is 2.06. The maximum atomic E-state index is 5.69. The number of benzene rings is 1. The van der Waals surface area contributed by atoms with E-state index < -0.39 is 0 Å². The maximum absolute atomic E-state index is 5.69. The van der Waals surface area contributed by atoms with Crippen LogP contribution in [0.15, 0.2) is 23.1 Å². The van der Waals surface area contributed by atoms with E-state index in [2.05, 4.69) is 31.7 Å². The predicted molar refractivity (Wildman–Crippen MR) is 58.2 cm³/mol. The average molecular weight is 195 g/mol. The summed E-state index contributed by atoms with van der Waals surface area (Å²) in [6.07, 6.45) is 0. The van der Waals surface area contributed by atoms with Gasteiger partial charge in [-0.25, -0.2) is 0 Å². The third-order valence-electron chi connectivity index (χ3n) is 1.76. The minimum absolute atomic E-state index is 0.853. The number of anilines is 1. The average Bonchev–Trinajstić information content (AvgIpc) is 2.29. The predicted octanol–water partition coefficient (Wildman–Crippen LogP) is 3.08. The fourth-order valence-electron chi connectivity index (χ4n) is 1.30. The molecule has 2 rings (SSSR count). The van der Waals surface area contributed by atoms with E-state index in [1.807, 2.05) is 6.07 Å². The molecule has 0 radical (unpaired) electrons. The van der Waals surface area contributed by atoms with Crippen molar-refractivity contribution >= 4 is 39.1 Å². The van der Waals surface area contributed by atoms with Crippen molar-refractivity contribution in [3.8, 4) is 0 Å². The van der Waals surface area contributed by atoms with Gasteiger partial charge in [-0.15, -0.1) is 24.0 Å². The third kappa shape index (κ3) is 1.19. The molecule has 1 nitrogen and oxygen atoms in total. The number of nitrogens with two attached hydrogens (primary N) is 1. The summed E-state index contributed by atoms with van der Waals surface area (Å²) in [5.41, 5.74) is 6.92. The van der Waals surface area contributed by atoms with E-state index in [0.717, 1.165) is 9.90 Å². The van der Waals surface area contributed by atoms with Crippen molar-refractivity contribution < 1.29 is 0 Å². The molecule has 1 aromatic carbocycles. The van der Waals surface area contributed by atoms with Crippen LogP contribution in [0.2, 0.25) is 0 Å². The van der Waals surface area contributed by atoms with Gasteiger partial charge in [-0.3, -0.25) is 0 Å². The van der Waals surface area contributed by atoms with Gasteiger partial charge in [0.25, 0.3) is 0 Å². The Balaban J connectivity index is 2.88. The van der Waals surface area contributed by atoms with Crippen molar-refractivity contribution in [2.45, 2.75) is 11.8 Å². The fourth-order valence-corrected chi connectivity index (χ4v) is 2.59. The zero-order chi connectivity index (χ0) is 8.72. The monoisotopic (exact) mass is 195 g/mol. The topological polar surface area (TPSA) is 26.0 Å². The fraction of sp³-hybridized carbons (Fsp3) is 0.111. The van der Waals surface area contributed by atoms with E-state index in [1.165, 1.54) is 15.6 Å². The molecule has 3 heteroatoms. The minimum Gasteiger partial charge on any atom is -0.391 e. The van der Waals surface area contributed by atoms with E-state index in [-0.39, 0.29) is 0 Å². The Labute approximate surface area is 80.6 Å². The Hall–Kier alpha value is -0.670. The molecule has 2 aromatic rings. The molecule has 1 aromatic heterocycles. The molecular formula is C9H9NS2. The number of thiophene rings is 1. The Kier molecular flexibility index (Phi) is 1.77. The van der Waals surface area contributed by atoms with Gasteiger partial charge in [0.15, 0.2) is 0 Å². The van der Waals surface area contributed by atoms with Crippen molar-refractivity contribution in [1.29, 1.82) is 0 Å². The quantitative estimate of drug-likeness (QED) is 0.621. The Morgan fingerprint density at radius 1 is 1.33 bits per heavy atom. The highest BCUT2D eigenvalue weighted by molar-refractivity contribution is 7.80. The Morgan fingerprint density at radius 3 is 2.83 bits per heavy atom. The largest absolute Gasteiger partial charge is 0.391 e. The SMILES string of the molecule is Cc1cc(S)c2sc(N)cc2c1. The van der Waals surface area contributed by atoms with Crippen LogP contribution in [-0.2, 0) is 0 Å².